The number of rotatable bonds is 32. The molecule has 0 aliphatic heterocycles. The number of phosphoric acid groups is 1. The summed E-state index contributed by atoms with van der Waals surface area (Å²) < 4.78 is 26.3. The Bertz CT molecular complexity index is 1120. The van der Waals surface area contributed by atoms with E-state index in [0.29, 0.717) is 19.3 Å². The highest BCUT2D eigenvalue weighted by molar-refractivity contribution is 7.46. The first-order valence-electron chi connectivity index (χ1n) is 20.2. The number of phosphoric ester groups is 1. The Labute approximate surface area is 319 Å². The SMILES string of the molecule is CCCCC/C=C\C/C=C\CCCCCCCCCC(=O)OC[C@H](COP(=O)(O)O)OC(=O)C/C=C\C[C@H]1[C@@H](/C=C/[C@H](O)CCCCC)[C@H](O)C[C@@H]1O. The summed E-state index contributed by atoms with van der Waals surface area (Å²) in [6.45, 7) is 3.26. The van der Waals surface area contributed by atoms with Crippen LogP contribution in [0.2, 0.25) is 0 Å². The van der Waals surface area contributed by atoms with E-state index in [2.05, 4.69) is 42.7 Å². The molecule has 306 valence electrons. The second-order valence-electron chi connectivity index (χ2n) is 14.2. The molecule has 0 spiro atoms. The van der Waals surface area contributed by atoms with Crippen molar-refractivity contribution in [3.8, 4) is 0 Å². The van der Waals surface area contributed by atoms with Gasteiger partial charge in [-0.1, -0.05) is 127 Å². The zero-order valence-corrected chi connectivity index (χ0v) is 33.4. The average Bonchev–Trinajstić information content (AvgIpc) is 3.38. The molecule has 0 aromatic rings. The highest BCUT2D eigenvalue weighted by Gasteiger charge is 2.39. The molecule has 1 saturated carbocycles. The molecule has 0 saturated heterocycles. The normalized spacial score (nSPS) is 20.7. The zero-order chi connectivity index (χ0) is 39.2. The Morgan fingerprint density at radius 2 is 1.38 bits per heavy atom. The van der Waals surface area contributed by atoms with Crippen LogP contribution in [0.25, 0.3) is 0 Å². The van der Waals surface area contributed by atoms with Gasteiger partial charge in [-0.25, -0.2) is 4.57 Å². The van der Waals surface area contributed by atoms with Crippen LogP contribution in [0.4, 0.5) is 0 Å². The number of ether oxygens (including phenoxy) is 2. The molecule has 6 atom stereocenters. The van der Waals surface area contributed by atoms with Crippen molar-refractivity contribution in [2.24, 2.45) is 11.8 Å². The fourth-order valence-electron chi connectivity index (χ4n) is 6.32. The summed E-state index contributed by atoms with van der Waals surface area (Å²) in [5.41, 5.74) is 0. The van der Waals surface area contributed by atoms with Crippen molar-refractivity contribution in [3.63, 3.8) is 0 Å². The first-order valence-corrected chi connectivity index (χ1v) is 21.7. The van der Waals surface area contributed by atoms with Gasteiger partial charge in [0.05, 0.1) is 31.3 Å². The summed E-state index contributed by atoms with van der Waals surface area (Å²) in [6, 6.07) is 0. The lowest BCUT2D eigenvalue weighted by atomic mass is 9.89. The Kier molecular flexibility index (Phi) is 28.7. The molecular formula is C41H71O11P. The van der Waals surface area contributed by atoms with E-state index in [4.69, 9.17) is 19.3 Å². The van der Waals surface area contributed by atoms with Crippen LogP contribution in [0, 0.1) is 11.8 Å². The minimum absolute atomic E-state index is 0.171. The number of unbranched alkanes of at least 4 members (excludes halogenated alkanes) is 12. The summed E-state index contributed by atoms with van der Waals surface area (Å²) in [4.78, 5) is 43.1. The van der Waals surface area contributed by atoms with Crippen LogP contribution in [0.3, 0.4) is 0 Å². The number of hydrogen-bond acceptors (Lipinski definition) is 9. The van der Waals surface area contributed by atoms with Crippen LogP contribution in [0.1, 0.15) is 149 Å². The quantitative estimate of drug-likeness (QED) is 0.0192. The van der Waals surface area contributed by atoms with E-state index in [9.17, 15) is 29.5 Å². The topological polar surface area (TPSA) is 180 Å². The fourth-order valence-corrected chi connectivity index (χ4v) is 6.68. The van der Waals surface area contributed by atoms with E-state index in [1.807, 2.05) is 0 Å². The van der Waals surface area contributed by atoms with Crippen molar-refractivity contribution in [1.29, 1.82) is 0 Å². The van der Waals surface area contributed by atoms with Crippen LogP contribution in [0.15, 0.2) is 48.6 Å². The largest absolute Gasteiger partial charge is 0.469 e. The molecule has 1 rings (SSSR count). The van der Waals surface area contributed by atoms with Crippen LogP contribution in [0.5, 0.6) is 0 Å². The molecule has 1 aliphatic carbocycles. The molecule has 11 nitrogen and oxygen atoms in total. The zero-order valence-electron chi connectivity index (χ0n) is 32.5. The minimum atomic E-state index is -4.85. The van der Waals surface area contributed by atoms with Gasteiger partial charge >= 0.3 is 19.8 Å². The predicted octanol–water partition coefficient (Wildman–Crippen LogP) is 8.34. The van der Waals surface area contributed by atoms with Crippen LogP contribution in [-0.2, 0) is 28.2 Å². The molecule has 0 radical (unpaired) electrons. The van der Waals surface area contributed by atoms with E-state index >= 15 is 0 Å². The molecule has 0 bridgehead atoms. The number of carbonyl (C=O) groups is 2. The molecule has 12 heteroatoms. The van der Waals surface area contributed by atoms with Crippen molar-refractivity contribution < 1.29 is 53.3 Å². The predicted molar refractivity (Wildman–Crippen MR) is 209 cm³/mol. The van der Waals surface area contributed by atoms with Crippen molar-refractivity contribution in [3.05, 3.63) is 48.6 Å². The van der Waals surface area contributed by atoms with Gasteiger partial charge in [0.25, 0.3) is 0 Å². The van der Waals surface area contributed by atoms with Crippen LogP contribution in [-0.4, -0.2) is 74.7 Å². The number of aliphatic hydroxyl groups is 3. The maximum atomic E-state index is 12.5. The van der Waals surface area contributed by atoms with Crippen molar-refractivity contribution >= 4 is 19.8 Å². The first-order chi connectivity index (χ1) is 25.5. The van der Waals surface area contributed by atoms with E-state index in [1.165, 1.54) is 38.5 Å². The molecule has 0 aromatic heterocycles. The highest BCUT2D eigenvalue weighted by atomic mass is 31.2. The van der Waals surface area contributed by atoms with Gasteiger partial charge in [0.15, 0.2) is 6.10 Å². The molecule has 5 N–H and O–H groups in total. The number of aliphatic hydroxyl groups excluding tert-OH is 3. The molecule has 0 heterocycles. The molecular weight excluding hydrogens is 699 g/mol. The summed E-state index contributed by atoms with van der Waals surface area (Å²) in [6.07, 6.45) is 31.0. The lowest BCUT2D eigenvalue weighted by Crippen LogP contribution is -2.29. The smallest absolute Gasteiger partial charge is 0.462 e. The lowest BCUT2D eigenvalue weighted by Gasteiger charge is -2.20. The van der Waals surface area contributed by atoms with Gasteiger partial charge in [0, 0.05) is 18.8 Å². The Balaban J connectivity index is 2.35. The van der Waals surface area contributed by atoms with Crippen molar-refractivity contribution in [2.45, 2.75) is 173 Å². The second kappa shape index (κ2) is 31.1. The number of hydrogen-bond donors (Lipinski definition) is 5. The van der Waals surface area contributed by atoms with E-state index in [0.717, 1.165) is 57.8 Å². The summed E-state index contributed by atoms with van der Waals surface area (Å²) in [5.74, 6) is -1.84. The summed E-state index contributed by atoms with van der Waals surface area (Å²) >= 11 is 0. The van der Waals surface area contributed by atoms with Gasteiger partial charge in [0.2, 0.25) is 0 Å². The second-order valence-corrected chi connectivity index (χ2v) is 15.5. The summed E-state index contributed by atoms with van der Waals surface area (Å²) in [7, 11) is -4.85. The van der Waals surface area contributed by atoms with E-state index in [-0.39, 0.29) is 31.1 Å². The minimum Gasteiger partial charge on any atom is -0.462 e. The van der Waals surface area contributed by atoms with Gasteiger partial charge in [-0.2, -0.15) is 0 Å². The maximum Gasteiger partial charge on any atom is 0.469 e. The van der Waals surface area contributed by atoms with Gasteiger partial charge in [-0.15, -0.1) is 0 Å². The monoisotopic (exact) mass is 770 g/mol. The lowest BCUT2D eigenvalue weighted by molar-refractivity contribution is -0.160. The van der Waals surface area contributed by atoms with Gasteiger partial charge in [-0.3, -0.25) is 14.1 Å². The molecule has 1 fully saturated rings. The van der Waals surface area contributed by atoms with Crippen molar-refractivity contribution in [1.82, 2.24) is 0 Å². The van der Waals surface area contributed by atoms with Gasteiger partial charge in [0.1, 0.15) is 6.61 Å². The third-order valence-electron chi connectivity index (χ3n) is 9.42. The van der Waals surface area contributed by atoms with Crippen LogP contribution >= 0.6 is 7.82 Å². The maximum absolute atomic E-state index is 12.5. The molecule has 0 aromatic carbocycles. The Morgan fingerprint density at radius 3 is 2.04 bits per heavy atom. The van der Waals surface area contributed by atoms with E-state index < -0.39 is 57.4 Å². The number of allylic oxidation sites excluding steroid dienone is 5. The summed E-state index contributed by atoms with van der Waals surface area (Å²) in [5, 5.41) is 31.2. The van der Waals surface area contributed by atoms with Crippen molar-refractivity contribution in [2.75, 3.05) is 13.2 Å². The molecule has 0 unspecified atom stereocenters. The number of esters is 2. The Hall–Kier alpha value is -2.11. The standard InChI is InChI=1S/C41H71O11P/c1-3-5-7-8-9-10-11-12-13-14-15-16-17-18-19-20-22-27-40(45)50-32-35(33-51-53(47,48)49)52-41(46)28-24-23-26-36-37(39(44)31-38(36)43)30-29-34(42)25-21-6-4-2/h9-10,12-13,23-24,29-30,34-39,42-44H,3-8,11,14-22,25-28,31-33H2,1-2H3,(H2,47,48,49)/b10-9-,13-12-,24-23-,30-29+/t34-,35-,36+,37-,38+,39-/m1/s1. The highest BCUT2D eigenvalue weighted by Crippen LogP contribution is 2.37. The van der Waals surface area contributed by atoms with Crippen LogP contribution < -0.4 is 0 Å². The molecule has 1 aliphatic rings. The Morgan fingerprint density at radius 1 is 0.755 bits per heavy atom. The van der Waals surface area contributed by atoms with Gasteiger partial charge < -0.3 is 34.6 Å². The third-order valence-corrected chi connectivity index (χ3v) is 9.91. The van der Waals surface area contributed by atoms with Gasteiger partial charge in [-0.05, 0) is 57.3 Å². The fraction of sp³-hybridized carbons (Fsp3) is 0.756. The average molecular weight is 771 g/mol. The first kappa shape index (κ1) is 48.9. The van der Waals surface area contributed by atoms with E-state index in [1.54, 1.807) is 24.3 Å². The molecule has 0 amide bonds. The third kappa shape index (κ3) is 27.2. The number of carbonyl (C=O) groups excluding carboxylic acids is 2. The molecule has 53 heavy (non-hydrogen) atoms.